The number of aliphatic hydroxyl groups is 1. The number of nitrogens with one attached hydrogen (secondary N) is 1. The van der Waals surface area contributed by atoms with Crippen LogP contribution in [0.1, 0.15) is 27.2 Å². The number of carbonyl (C=O) groups excluding carboxylic acids is 1. The number of amides is 1. The number of carbonyl (C=O) groups is 1. The van der Waals surface area contributed by atoms with Gasteiger partial charge in [-0.3, -0.25) is 20.1 Å². The van der Waals surface area contributed by atoms with Gasteiger partial charge in [0.1, 0.15) is 11.5 Å². The molecule has 1 amide bonds. The van der Waals surface area contributed by atoms with E-state index < -0.39 is 0 Å². The summed E-state index contributed by atoms with van der Waals surface area (Å²) in [5.41, 5.74) is 4.93. The molecule has 0 saturated heterocycles. The number of aryl methyl sites for hydroxylation is 2. The van der Waals surface area contributed by atoms with Gasteiger partial charge in [-0.05, 0) is 61.4 Å². The molecule has 0 aliphatic carbocycles. The quantitative estimate of drug-likeness (QED) is 0.456. The molecule has 156 valence electrons. The Hall–Kier alpha value is -3.62. The highest BCUT2D eigenvalue weighted by Gasteiger charge is 2.14. The number of anilines is 1. The van der Waals surface area contributed by atoms with Gasteiger partial charge in [0.2, 0.25) is 0 Å². The van der Waals surface area contributed by atoms with Crippen molar-refractivity contribution in [3.8, 4) is 22.8 Å². The Kier molecular flexibility index (Phi) is 6.01. The largest absolute Gasteiger partial charge is 0.456 e. The minimum atomic E-state index is -0.221. The molecule has 3 heterocycles. The second-order valence-corrected chi connectivity index (χ2v) is 7.76. The number of rotatable bonds is 6. The average molecular weight is 433 g/mol. The van der Waals surface area contributed by atoms with Crippen molar-refractivity contribution in [1.29, 1.82) is 0 Å². The molecule has 0 saturated carbocycles. The van der Waals surface area contributed by atoms with Gasteiger partial charge < -0.3 is 9.84 Å². The molecule has 7 nitrogen and oxygen atoms in total. The number of aliphatic hydroxyl groups excluding tert-OH is 1. The van der Waals surface area contributed by atoms with Gasteiger partial charge >= 0.3 is 0 Å². The fourth-order valence-corrected chi connectivity index (χ4v) is 3.90. The van der Waals surface area contributed by atoms with E-state index in [0.717, 1.165) is 22.4 Å². The summed E-state index contributed by atoms with van der Waals surface area (Å²) >= 11 is 1.38. The first-order valence-corrected chi connectivity index (χ1v) is 10.4. The smallest absolute Gasteiger partial charge is 0.257 e. The van der Waals surface area contributed by atoms with Crippen LogP contribution in [0.15, 0.2) is 60.4 Å². The van der Waals surface area contributed by atoms with Crippen molar-refractivity contribution in [3.05, 3.63) is 82.8 Å². The summed E-state index contributed by atoms with van der Waals surface area (Å²) in [4.78, 5) is 25.0. The van der Waals surface area contributed by atoms with Crippen LogP contribution in [0.5, 0.6) is 11.5 Å². The maximum absolute atomic E-state index is 12.3. The molecule has 8 heteroatoms. The molecule has 4 rings (SSSR count). The van der Waals surface area contributed by atoms with Gasteiger partial charge in [-0.25, -0.2) is 4.98 Å². The summed E-state index contributed by atoms with van der Waals surface area (Å²) in [6.45, 7) is 3.89. The van der Waals surface area contributed by atoms with Crippen molar-refractivity contribution < 1.29 is 14.6 Å². The fourth-order valence-electron chi connectivity index (χ4n) is 3.21. The zero-order valence-electron chi connectivity index (χ0n) is 17.0. The maximum atomic E-state index is 12.3. The summed E-state index contributed by atoms with van der Waals surface area (Å²) in [6, 6.07) is 10.7. The molecule has 4 aromatic rings. The fraction of sp³-hybridized carbons (Fsp3) is 0.130. The van der Waals surface area contributed by atoms with Gasteiger partial charge in [-0.1, -0.05) is 0 Å². The van der Waals surface area contributed by atoms with Crippen LogP contribution in [0.3, 0.4) is 0 Å². The molecule has 2 N–H and O–H groups in total. The first-order valence-electron chi connectivity index (χ1n) is 9.55. The van der Waals surface area contributed by atoms with Gasteiger partial charge in [-0.15, -0.1) is 11.3 Å². The van der Waals surface area contributed by atoms with Crippen molar-refractivity contribution in [2.24, 2.45) is 0 Å². The van der Waals surface area contributed by atoms with Crippen molar-refractivity contribution in [3.63, 3.8) is 0 Å². The molecule has 0 fully saturated rings. The van der Waals surface area contributed by atoms with Gasteiger partial charge in [-0.2, -0.15) is 0 Å². The van der Waals surface area contributed by atoms with Crippen LogP contribution >= 0.6 is 11.3 Å². The molecular weight excluding hydrogens is 412 g/mol. The van der Waals surface area contributed by atoms with E-state index in [1.807, 2.05) is 31.4 Å². The van der Waals surface area contributed by atoms with E-state index in [4.69, 9.17) is 9.84 Å². The van der Waals surface area contributed by atoms with Crippen LogP contribution in [-0.4, -0.2) is 26.0 Å². The van der Waals surface area contributed by atoms with Crippen LogP contribution in [0.4, 0.5) is 5.13 Å². The minimum absolute atomic E-state index is 0.105. The predicted molar refractivity (Wildman–Crippen MR) is 119 cm³/mol. The van der Waals surface area contributed by atoms with E-state index in [1.54, 1.807) is 42.9 Å². The monoisotopic (exact) mass is 432 g/mol. The van der Waals surface area contributed by atoms with Crippen molar-refractivity contribution >= 4 is 22.4 Å². The van der Waals surface area contributed by atoms with Gasteiger partial charge in [0.05, 0.1) is 24.2 Å². The zero-order valence-corrected chi connectivity index (χ0v) is 17.8. The number of pyridine rings is 2. The molecule has 0 aliphatic heterocycles. The molecular formula is C23H20N4O3S. The summed E-state index contributed by atoms with van der Waals surface area (Å²) in [5, 5.41) is 14.4. The minimum Gasteiger partial charge on any atom is -0.456 e. The van der Waals surface area contributed by atoms with Crippen LogP contribution < -0.4 is 10.1 Å². The number of ether oxygens (including phenoxy) is 1. The number of benzene rings is 1. The first kappa shape index (κ1) is 20.6. The molecule has 0 unspecified atom stereocenters. The highest BCUT2D eigenvalue weighted by atomic mass is 32.1. The average Bonchev–Trinajstić information content (AvgIpc) is 3.22. The summed E-state index contributed by atoms with van der Waals surface area (Å²) in [5.74, 6) is 1.07. The van der Waals surface area contributed by atoms with Gasteiger partial charge in [0.15, 0.2) is 5.13 Å². The number of hydrogen-bond donors (Lipinski definition) is 2. The Labute approximate surface area is 183 Å². The lowest BCUT2D eigenvalue weighted by Gasteiger charge is -2.12. The Morgan fingerprint density at radius 2 is 1.84 bits per heavy atom. The molecule has 0 bridgehead atoms. The third-order valence-electron chi connectivity index (χ3n) is 4.62. The van der Waals surface area contributed by atoms with E-state index in [-0.39, 0.29) is 12.5 Å². The highest BCUT2D eigenvalue weighted by molar-refractivity contribution is 7.14. The van der Waals surface area contributed by atoms with Crippen molar-refractivity contribution in [2.45, 2.75) is 20.5 Å². The topological polar surface area (TPSA) is 97.2 Å². The molecule has 3 aromatic heterocycles. The van der Waals surface area contributed by atoms with E-state index in [0.29, 0.717) is 27.9 Å². The van der Waals surface area contributed by atoms with E-state index in [9.17, 15) is 4.79 Å². The highest BCUT2D eigenvalue weighted by Crippen LogP contribution is 2.34. The SMILES string of the molecule is Cc1cc(Oc2ccc(CO)nc2)cc(C)c1-c1csc(NC(=O)c2ccncc2)n1. The van der Waals surface area contributed by atoms with Crippen LogP contribution in [0, 0.1) is 13.8 Å². The maximum Gasteiger partial charge on any atom is 0.257 e. The molecule has 0 atom stereocenters. The van der Waals surface area contributed by atoms with Crippen LogP contribution in [0.25, 0.3) is 11.3 Å². The molecule has 1 aromatic carbocycles. The lowest BCUT2D eigenvalue weighted by molar-refractivity contribution is 0.102. The lowest BCUT2D eigenvalue weighted by Crippen LogP contribution is -2.11. The molecule has 0 spiro atoms. The van der Waals surface area contributed by atoms with Gasteiger partial charge in [0, 0.05) is 28.9 Å². The third kappa shape index (κ3) is 4.76. The van der Waals surface area contributed by atoms with E-state index in [1.165, 1.54) is 11.3 Å². The Morgan fingerprint density at radius 1 is 1.10 bits per heavy atom. The van der Waals surface area contributed by atoms with Crippen molar-refractivity contribution in [2.75, 3.05) is 5.32 Å². The van der Waals surface area contributed by atoms with Gasteiger partial charge in [0.25, 0.3) is 5.91 Å². The molecule has 0 aliphatic rings. The number of hydrogen-bond acceptors (Lipinski definition) is 7. The Bertz CT molecular complexity index is 1180. The standard InChI is InChI=1S/C23H20N4O3S/c1-14-9-19(30-18-4-3-17(12-28)25-11-18)10-15(2)21(14)20-13-31-23(26-20)27-22(29)16-5-7-24-8-6-16/h3-11,13,28H,12H2,1-2H3,(H,26,27,29). The van der Waals surface area contributed by atoms with Crippen molar-refractivity contribution in [1.82, 2.24) is 15.0 Å². The van der Waals surface area contributed by atoms with Crippen LogP contribution in [-0.2, 0) is 6.61 Å². The number of nitrogens with zero attached hydrogens (tertiary/aromatic N) is 3. The van der Waals surface area contributed by atoms with E-state index >= 15 is 0 Å². The second-order valence-electron chi connectivity index (χ2n) is 6.91. The molecule has 0 radical (unpaired) electrons. The number of thiazole rings is 1. The lowest BCUT2D eigenvalue weighted by atomic mass is 10.0. The first-order chi connectivity index (χ1) is 15.0. The van der Waals surface area contributed by atoms with Crippen LogP contribution in [0.2, 0.25) is 0 Å². The summed E-state index contributed by atoms with van der Waals surface area (Å²) < 4.78 is 5.91. The second kappa shape index (κ2) is 9.03. The normalized spacial score (nSPS) is 10.7. The Balaban J connectivity index is 1.52. The summed E-state index contributed by atoms with van der Waals surface area (Å²) in [7, 11) is 0. The van der Waals surface area contributed by atoms with E-state index in [2.05, 4.69) is 20.3 Å². The number of aromatic nitrogens is 3. The summed E-state index contributed by atoms with van der Waals surface area (Å²) in [6.07, 6.45) is 4.74. The molecule has 31 heavy (non-hydrogen) atoms. The predicted octanol–water partition coefficient (Wildman–Crippen LogP) is 4.75. The zero-order chi connectivity index (χ0) is 21.8. The Morgan fingerprint density at radius 3 is 2.48 bits per heavy atom. The third-order valence-corrected chi connectivity index (χ3v) is 5.38.